The number of thioether (sulfide) groups is 1. The number of hydrogen-bond acceptors (Lipinski definition) is 3. The highest BCUT2D eigenvalue weighted by molar-refractivity contribution is 7.99. The van der Waals surface area contributed by atoms with Gasteiger partial charge in [-0.1, -0.05) is 25.1 Å². The van der Waals surface area contributed by atoms with Crippen LogP contribution in [0.3, 0.4) is 0 Å². The first-order valence-electron chi connectivity index (χ1n) is 5.94. The summed E-state index contributed by atoms with van der Waals surface area (Å²) in [5.74, 6) is 0.330. The van der Waals surface area contributed by atoms with Crippen molar-refractivity contribution >= 4 is 28.6 Å². The Labute approximate surface area is 110 Å². The molecule has 2 rings (SSSR count). The van der Waals surface area contributed by atoms with Gasteiger partial charge in [0.2, 0.25) is 5.91 Å². The van der Waals surface area contributed by atoms with E-state index >= 15 is 0 Å². The zero-order valence-corrected chi connectivity index (χ0v) is 11.1. The summed E-state index contributed by atoms with van der Waals surface area (Å²) in [5, 5.41) is 5.31. The van der Waals surface area contributed by atoms with Crippen molar-refractivity contribution in [2.24, 2.45) is 5.73 Å². The topological polar surface area (TPSA) is 70.9 Å². The molecular formula is C13H17N3OS. The van der Waals surface area contributed by atoms with Gasteiger partial charge in [0.1, 0.15) is 0 Å². The Balaban J connectivity index is 2.02. The number of likely N-dealkylation sites (N-methyl/N-ethyl adjacent to an activating group) is 1. The van der Waals surface area contributed by atoms with Crippen LogP contribution < -0.4 is 11.1 Å². The lowest BCUT2D eigenvalue weighted by Crippen LogP contribution is -2.42. The Morgan fingerprint density at radius 2 is 2.28 bits per heavy atom. The minimum atomic E-state index is -0.305. The quantitative estimate of drug-likeness (QED) is 0.695. The summed E-state index contributed by atoms with van der Waals surface area (Å²) in [6.45, 7) is 2.70. The molecule has 18 heavy (non-hydrogen) atoms. The highest BCUT2D eigenvalue weighted by atomic mass is 32.2. The average Bonchev–Trinajstić information content (AvgIpc) is 2.76. The smallest absolute Gasteiger partial charge is 0.235 e. The minimum Gasteiger partial charge on any atom is -0.368 e. The van der Waals surface area contributed by atoms with Gasteiger partial charge in [0, 0.05) is 16.7 Å². The number of hydrogen-bond donors (Lipinski definition) is 3. The number of aromatic amines is 1. The number of rotatable bonds is 6. The fourth-order valence-electron chi connectivity index (χ4n) is 1.79. The van der Waals surface area contributed by atoms with Crippen molar-refractivity contribution in [3.05, 3.63) is 30.3 Å². The molecule has 1 heterocycles. The lowest BCUT2D eigenvalue weighted by molar-refractivity contribution is -0.119. The van der Waals surface area contributed by atoms with Gasteiger partial charge in [-0.05, 0) is 18.7 Å². The number of H-pyrrole nitrogens is 1. The monoisotopic (exact) mass is 263 g/mol. The molecule has 5 heteroatoms. The lowest BCUT2D eigenvalue weighted by Gasteiger charge is -2.12. The Morgan fingerprint density at radius 1 is 1.50 bits per heavy atom. The van der Waals surface area contributed by atoms with Gasteiger partial charge in [-0.2, -0.15) is 0 Å². The average molecular weight is 263 g/mol. The first kappa shape index (κ1) is 13.0. The van der Waals surface area contributed by atoms with Crippen LogP contribution in [0.25, 0.3) is 10.9 Å². The molecule has 0 aliphatic heterocycles. The van der Waals surface area contributed by atoms with Gasteiger partial charge in [-0.25, -0.2) is 0 Å². The maximum Gasteiger partial charge on any atom is 0.235 e. The van der Waals surface area contributed by atoms with Gasteiger partial charge in [0.05, 0.1) is 11.1 Å². The fraction of sp³-hybridized carbons (Fsp3) is 0.308. The van der Waals surface area contributed by atoms with Crippen molar-refractivity contribution in [2.45, 2.75) is 18.0 Å². The highest BCUT2D eigenvalue weighted by Gasteiger charge is 2.14. The van der Waals surface area contributed by atoms with E-state index in [0.717, 1.165) is 17.1 Å². The second-order valence-corrected chi connectivity index (χ2v) is 5.11. The number of primary amides is 1. The van der Waals surface area contributed by atoms with Gasteiger partial charge in [-0.15, -0.1) is 11.8 Å². The van der Waals surface area contributed by atoms with Crippen LogP contribution in [0.4, 0.5) is 0 Å². The Morgan fingerprint density at radius 3 is 2.94 bits per heavy atom. The maximum absolute atomic E-state index is 11.2. The molecule has 4 nitrogen and oxygen atoms in total. The second-order valence-electron chi connectivity index (χ2n) is 4.04. The molecule has 0 fully saturated rings. The highest BCUT2D eigenvalue weighted by Crippen LogP contribution is 2.23. The summed E-state index contributed by atoms with van der Waals surface area (Å²) in [5.41, 5.74) is 6.45. The van der Waals surface area contributed by atoms with E-state index in [-0.39, 0.29) is 11.9 Å². The molecule has 1 unspecified atom stereocenters. The SMILES string of the molecule is CCNC(CSc1cc2ccccc2[nH]1)C(N)=O. The third-order valence-electron chi connectivity index (χ3n) is 2.70. The largest absolute Gasteiger partial charge is 0.368 e. The molecule has 0 saturated heterocycles. The minimum absolute atomic E-state index is 0.286. The van der Waals surface area contributed by atoms with Crippen molar-refractivity contribution in [3.63, 3.8) is 0 Å². The summed E-state index contributed by atoms with van der Waals surface area (Å²) < 4.78 is 0. The van der Waals surface area contributed by atoms with Crippen LogP contribution in [0.5, 0.6) is 0 Å². The first-order chi connectivity index (χ1) is 8.70. The van der Waals surface area contributed by atoms with Crippen molar-refractivity contribution in [2.75, 3.05) is 12.3 Å². The molecule has 0 aliphatic rings. The second kappa shape index (κ2) is 5.93. The van der Waals surface area contributed by atoms with Crippen molar-refractivity contribution in [3.8, 4) is 0 Å². The van der Waals surface area contributed by atoms with E-state index < -0.39 is 0 Å². The summed E-state index contributed by atoms with van der Waals surface area (Å²) >= 11 is 1.60. The number of benzene rings is 1. The number of aromatic nitrogens is 1. The Hall–Kier alpha value is -1.46. The zero-order chi connectivity index (χ0) is 13.0. The van der Waals surface area contributed by atoms with E-state index in [2.05, 4.69) is 22.4 Å². The predicted molar refractivity (Wildman–Crippen MR) is 75.7 cm³/mol. The molecule has 2 aromatic rings. The molecule has 0 aliphatic carbocycles. The number of para-hydroxylation sites is 1. The van der Waals surface area contributed by atoms with Crippen LogP contribution in [-0.2, 0) is 4.79 Å². The number of carbonyl (C=O) groups is 1. The molecular weight excluding hydrogens is 246 g/mol. The summed E-state index contributed by atoms with van der Waals surface area (Å²) in [4.78, 5) is 14.5. The van der Waals surface area contributed by atoms with Crippen LogP contribution in [-0.4, -0.2) is 29.2 Å². The number of amides is 1. The van der Waals surface area contributed by atoms with Crippen LogP contribution >= 0.6 is 11.8 Å². The molecule has 1 aromatic heterocycles. The zero-order valence-electron chi connectivity index (χ0n) is 10.3. The van der Waals surface area contributed by atoms with Gasteiger partial charge >= 0.3 is 0 Å². The predicted octanol–water partition coefficient (Wildman–Crippen LogP) is 1.72. The van der Waals surface area contributed by atoms with Gasteiger partial charge in [-0.3, -0.25) is 4.79 Å². The van der Waals surface area contributed by atoms with Crippen molar-refractivity contribution in [1.82, 2.24) is 10.3 Å². The normalized spacial score (nSPS) is 12.7. The summed E-state index contributed by atoms with van der Waals surface area (Å²) in [6, 6.07) is 9.91. The third kappa shape index (κ3) is 3.05. The Kier molecular flexibility index (Phi) is 4.28. The van der Waals surface area contributed by atoms with E-state index in [9.17, 15) is 4.79 Å². The molecule has 0 saturated carbocycles. The lowest BCUT2D eigenvalue weighted by atomic mass is 10.3. The summed E-state index contributed by atoms with van der Waals surface area (Å²) in [6.07, 6.45) is 0. The molecule has 0 spiro atoms. The molecule has 0 radical (unpaired) electrons. The molecule has 1 aromatic carbocycles. The molecule has 0 bridgehead atoms. The van der Waals surface area contributed by atoms with Crippen molar-refractivity contribution in [1.29, 1.82) is 0 Å². The molecule has 4 N–H and O–H groups in total. The van der Waals surface area contributed by atoms with E-state index in [1.807, 2.05) is 25.1 Å². The van der Waals surface area contributed by atoms with E-state index in [1.54, 1.807) is 11.8 Å². The number of nitrogens with one attached hydrogen (secondary N) is 2. The van der Waals surface area contributed by atoms with Crippen LogP contribution in [0.2, 0.25) is 0 Å². The van der Waals surface area contributed by atoms with E-state index in [1.165, 1.54) is 5.39 Å². The third-order valence-corrected chi connectivity index (χ3v) is 3.74. The number of carbonyl (C=O) groups excluding carboxylic acids is 1. The van der Waals surface area contributed by atoms with Crippen LogP contribution in [0.15, 0.2) is 35.4 Å². The number of fused-ring (bicyclic) bond motifs is 1. The molecule has 96 valence electrons. The van der Waals surface area contributed by atoms with Gasteiger partial charge < -0.3 is 16.0 Å². The maximum atomic E-state index is 11.2. The van der Waals surface area contributed by atoms with E-state index in [0.29, 0.717) is 5.75 Å². The van der Waals surface area contributed by atoms with Crippen LogP contribution in [0.1, 0.15) is 6.92 Å². The van der Waals surface area contributed by atoms with Crippen LogP contribution in [0, 0.1) is 0 Å². The standard InChI is InChI=1S/C13H17N3OS/c1-2-15-11(13(14)17)8-18-12-7-9-5-3-4-6-10(9)16-12/h3-7,11,15-16H,2,8H2,1H3,(H2,14,17). The van der Waals surface area contributed by atoms with Crippen molar-refractivity contribution < 1.29 is 4.79 Å². The first-order valence-corrected chi connectivity index (χ1v) is 6.92. The Bertz CT molecular complexity index is 505. The fourth-order valence-corrected chi connectivity index (χ4v) is 2.81. The molecule has 1 atom stereocenters. The summed E-state index contributed by atoms with van der Waals surface area (Å²) in [7, 11) is 0. The number of nitrogens with two attached hydrogens (primary N) is 1. The van der Waals surface area contributed by atoms with Gasteiger partial charge in [0.25, 0.3) is 0 Å². The van der Waals surface area contributed by atoms with Gasteiger partial charge in [0.15, 0.2) is 0 Å². The molecule has 1 amide bonds. The van der Waals surface area contributed by atoms with E-state index in [4.69, 9.17) is 5.73 Å².